The molecule has 7 heavy (non-hydrogen) atoms. The lowest BCUT2D eigenvalue weighted by Gasteiger charge is -1.77. The van der Waals surface area contributed by atoms with Gasteiger partial charge in [-0.05, 0) is 0 Å². The van der Waals surface area contributed by atoms with E-state index in [1.807, 2.05) is 12.1 Å². The van der Waals surface area contributed by atoms with Crippen LogP contribution in [0.5, 0.6) is 0 Å². The van der Waals surface area contributed by atoms with Crippen LogP contribution in [0.15, 0.2) is 0 Å². The zero-order chi connectivity index (χ0) is 5.33. The highest BCUT2D eigenvalue weighted by molar-refractivity contribution is 5.32. The molecule has 0 spiro atoms. The average molecular weight is 93.1 g/mol. The molecule has 1 N–H and O–H groups in total. The van der Waals surface area contributed by atoms with Crippen molar-refractivity contribution in [2.45, 2.75) is 5.54 Å². The normalized spacial score (nSPS) is 22.0. The van der Waals surface area contributed by atoms with Crippen LogP contribution in [0.2, 0.25) is 0 Å². The van der Waals surface area contributed by atoms with Gasteiger partial charge in [0.05, 0.1) is 0 Å². The molecule has 0 saturated carbocycles. The minimum absolute atomic E-state index is 0.528. The van der Waals surface area contributed by atoms with E-state index >= 15 is 0 Å². The predicted octanol–water partition coefficient (Wildman–Crippen LogP) is -0.624. The molecule has 1 aliphatic rings. The van der Waals surface area contributed by atoms with Crippen molar-refractivity contribution in [3.05, 3.63) is 0 Å². The molecule has 1 fully saturated rings. The first-order chi connectivity index (χ1) is 3.33. The molecule has 0 aliphatic carbocycles. The topological polar surface area (TPSA) is 69.5 Å². The third-order valence-corrected chi connectivity index (χ3v) is 0.912. The first kappa shape index (κ1) is 4.11. The van der Waals surface area contributed by atoms with E-state index in [1.54, 1.807) is 0 Å². The lowest BCUT2D eigenvalue weighted by atomic mass is 10.2. The fourth-order valence-electron chi connectivity index (χ4n) is 0.272. The third-order valence-electron chi connectivity index (χ3n) is 0.912. The van der Waals surface area contributed by atoms with Gasteiger partial charge in [0.2, 0.25) is 5.54 Å². The second-order valence-electron chi connectivity index (χ2n) is 1.48. The van der Waals surface area contributed by atoms with Crippen molar-refractivity contribution in [3.8, 4) is 12.1 Å². The second kappa shape index (κ2) is 0.959. The standard InChI is InChI=1S/C4H3N3/c5-1-4(2-6)3-7-4/h7H,3H2. The number of hydrogen-bond acceptors (Lipinski definition) is 3. The fraction of sp³-hybridized carbons (Fsp3) is 0.500. The molecule has 3 nitrogen and oxygen atoms in total. The maximum Gasteiger partial charge on any atom is 0.206 e. The van der Waals surface area contributed by atoms with Gasteiger partial charge < -0.3 is 0 Å². The summed E-state index contributed by atoms with van der Waals surface area (Å²) in [5.41, 5.74) is -0.806. The van der Waals surface area contributed by atoms with E-state index in [9.17, 15) is 0 Å². The highest BCUT2D eigenvalue weighted by Gasteiger charge is 2.42. The Balaban J connectivity index is 2.70. The summed E-state index contributed by atoms with van der Waals surface area (Å²) in [6.45, 7) is 0.528. The van der Waals surface area contributed by atoms with Crippen molar-refractivity contribution >= 4 is 0 Å². The Labute approximate surface area is 41.2 Å². The summed E-state index contributed by atoms with van der Waals surface area (Å²) >= 11 is 0. The maximum atomic E-state index is 8.12. The molecular weight excluding hydrogens is 90.1 g/mol. The van der Waals surface area contributed by atoms with Crippen LogP contribution in [0.4, 0.5) is 0 Å². The van der Waals surface area contributed by atoms with Crippen LogP contribution in [0, 0.1) is 22.7 Å². The summed E-state index contributed by atoms with van der Waals surface area (Å²) in [6.07, 6.45) is 0. The van der Waals surface area contributed by atoms with Gasteiger partial charge >= 0.3 is 0 Å². The Hall–Kier alpha value is -1.06. The lowest BCUT2D eigenvalue weighted by Crippen LogP contribution is -2.06. The van der Waals surface area contributed by atoms with Crippen molar-refractivity contribution in [1.29, 1.82) is 10.5 Å². The zero-order valence-electron chi connectivity index (χ0n) is 3.60. The molecular formula is C4H3N3. The number of rotatable bonds is 0. The molecule has 0 radical (unpaired) electrons. The summed E-state index contributed by atoms with van der Waals surface area (Å²) in [5.74, 6) is 0. The first-order valence-electron chi connectivity index (χ1n) is 1.90. The molecule has 3 heteroatoms. The van der Waals surface area contributed by atoms with E-state index < -0.39 is 5.54 Å². The van der Waals surface area contributed by atoms with Crippen LogP contribution >= 0.6 is 0 Å². The Morgan fingerprint density at radius 2 is 1.86 bits per heavy atom. The molecule has 1 saturated heterocycles. The summed E-state index contributed by atoms with van der Waals surface area (Å²) in [7, 11) is 0. The largest absolute Gasteiger partial charge is 0.282 e. The summed E-state index contributed by atoms with van der Waals surface area (Å²) in [4.78, 5) is 0. The minimum Gasteiger partial charge on any atom is -0.282 e. The van der Waals surface area contributed by atoms with Crippen molar-refractivity contribution in [1.82, 2.24) is 5.32 Å². The molecule has 0 unspecified atom stereocenters. The van der Waals surface area contributed by atoms with E-state index in [0.29, 0.717) is 6.54 Å². The first-order valence-corrected chi connectivity index (χ1v) is 1.90. The van der Waals surface area contributed by atoms with E-state index in [1.165, 1.54) is 0 Å². The number of nitrogens with zero attached hydrogens (tertiary/aromatic N) is 2. The molecule has 0 amide bonds. The van der Waals surface area contributed by atoms with Gasteiger partial charge in [0, 0.05) is 6.54 Å². The van der Waals surface area contributed by atoms with Gasteiger partial charge in [-0.2, -0.15) is 10.5 Å². The Morgan fingerprint density at radius 3 is 1.86 bits per heavy atom. The van der Waals surface area contributed by atoms with Crippen molar-refractivity contribution in [2.75, 3.05) is 6.54 Å². The van der Waals surface area contributed by atoms with Gasteiger partial charge in [-0.15, -0.1) is 0 Å². The summed E-state index contributed by atoms with van der Waals surface area (Å²) in [6, 6.07) is 3.66. The van der Waals surface area contributed by atoms with Crippen LogP contribution in [0.1, 0.15) is 0 Å². The van der Waals surface area contributed by atoms with Crippen LogP contribution in [-0.4, -0.2) is 12.1 Å². The molecule has 0 atom stereocenters. The van der Waals surface area contributed by atoms with Gasteiger partial charge in [0.15, 0.2) is 0 Å². The smallest absolute Gasteiger partial charge is 0.206 e. The summed E-state index contributed by atoms with van der Waals surface area (Å²) in [5, 5.41) is 18.9. The highest BCUT2D eigenvalue weighted by atomic mass is 15.1. The van der Waals surface area contributed by atoms with Crippen molar-refractivity contribution in [3.63, 3.8) is 0 Å². The molecule has 1 rings (SSSR count). The van der Waals surface area contributed by atoms with Crippen LogP contribution in [0.3, 0.4) is 0 Å². The monoisotopic (exact) mass is 93.0 g/mol. The average Bonchev–Trinajstić information content (AvgIpc) is 2.46. The Morgan fingerprint density at radius 1 is 1.43 bits per heavy atom. The maximum absolute atomic E-state index is 8.12. The molecule has 1 heterocycles. The van der Waals surface area contributed by atoms with Gasteiger partial charge in [0.25, 0.3) is 0 Å². The predicted molar refractivity (Wildman–Crippen MR) is 22.0 cm³/mol. The van der Waals surface area contributed by atoms with Gasteiger partial charge in [-0.25, -0.2) is 0 Å². The van der Waals surface area contributed by atoms with E-state index in [-0.39, 0.29) is 0 Å². The number of hydrogen-bond donors (Lipinski definition) is 1. The van der Waals surface area contributed by atoms with Crippen molar-refractivity contribution < 1.29 is 0 Å². The second-order valence-corrected chi connectivity index (χ2v) is 1.48. The van der Waals surface area contributed by atoms with Crippen LogP contribution in [0.25, 0.3) is 0 Å². The molecule has 1 aliphatic heterocycles. The number of nitriles is 2. The molecule has 0 aromatic carbocycles. The lowest BCUT2D eigenvalue weighted by molar-refractivity contribution is 1.02. The third kappa shape index (κ3) is 0.432. The SMILES string of the molecule is N#CC1(C#N)CN1. The van der Waals surface area contributed by atoms with Crippen LogP contribution in [-0.2, 0) is 0 Å². The van der Waals surface area contributed by atoms with E-state index in [0.717, 1.165) is 0 Å². The van der Waals surface area contributed by atoms with E-state index in [4.69, 9.17) is 10.5 Å². The van der Waals surface area contributed by atoms with Crippen LogP contribution < -0.4 is 5.32 Å². The molecule has 34 valence electrons. The molecule has 0 bridgehead atoms. The summed E-state index contributed by atoms with van der Waals surface area (Å²) < 4.78 is 0. The fourth-order valence-corrected chi connectivity index (χ4v) is 0.272. The van der Waals surface area contributed by atoms with Gasteiger partial charge in [-0.3, -0.25) is 5.32 Å². The minimum atomic E-state index is -0.806. The quantitative estimate of drug-likeness (QED) is 0.405. The van der Waals surface area contributed by atoms with E-state index in [2.05, 4.69) is 5.32 Å². The molecule has 0 aromatic heterocycles. The van der Waals surface area contributed by atoms with Gasteiger partial charge in [-0.1, -0.05) is 0 Å². The number of nitrogens with one attached hydrogen (secondary N) is 1. The zero-order valence-corrected chi connectivity index (χ0v) is 3.60. The highest BCUT2D eigenvalue weighted by Crippen LogP contribution is 2.11. The van der Waals surface area contributed by atoms with Crippen molar-refractivity contribution in [2.24, 2.45) is 0 Å². The Kier molecular flexibility index (Phi) is 0.563. The Bertz CT molecular complexity index is 139. The molecule has 0 aromatic rings. The van der Waals surface area contributed by atoms with Gasteiger partial charge in [0.1, 0.15) is 12.1 Å².